The molecule has 0 spiro atoms. The summed E-state index contributed by atoms with van der Waals surface area (Å²) in [5, 5.41) is 0. The molecular formula is C29H39N3O2. The van der Waals surface area contributed by atoms with E-state index < -0.39 is 0 Å². The van der Waals surface area contributed by atoms with Crippen LogP contribution in [0.15, 0.2) is 18.3 Å². The number of carbonyl (C=O) groups is 2. The first-order chi connectivity index (χ1) is 16.3. The predicted octanol–water partition coefficient (Wildman–Crippen LogP) is 5.44. The number of hydrogen-bond donors (Lipinski definition) is 0. The van der Waals surface area contributed by atoms with Crippen molar-refractivity contribution in [1.29, 1.82) is 0 Å². The van der Waals surface area contributed by atoms with Crippen molar-refractivity contribution in [3.05, 3.63) is 18.3 Å². The van der Waals surface area contributed by atoms with Crippen LogP contribution in [0.2, 0.25) is 0 Å². The molecule has 5 nitrogen and oxygen atoms in total. The van der Waals surface area contributed by atoms with Crippen LogP contribution in [0.1, 0.15) is 77.0 Å². The third kappa shape index (κ3) is 3.07. The van der Waals surface area contributed by atoms with E-state index in [1.807, 2.05) is 36.0 Å². The summed E-state index contributed by atoms with van der Waals surface area (Å²) in [5.41, 5.74) is 0.392. The van der Waals surface area contributed by atoms with Crippen molar-refractivity contribution in [2.75, 3.05) is 23.9 Å². The minimum absolute atomic E-state index is 0.195. The van der Waals surface area contributed by atoms with Gasteiger partial charge in [-0.1, -0.05) is 0 Å². The monoisotopic (exact) mass is 461 g/mol. The number of hydrogen-bond acceptors (Lipinski definition) is 3. The maximum absolute atomic E-state index is 14.1. The molecule has 8 aliphatic rings. The van der Waals surface area contributed by atoms with Gasteiger partial charge in [-0.25, -0.2) is 4.98 Å². The van der Waals surface area contributed by atoms with E-state index in [9.17, 15) is 9.59 Å². The lowest BCUT2D eigenvalue weighted by Crippen LogP contribution is -2.55. The molecule has 0 aromatic carbocycles. The van der Waals surface area contributed by atoms with Gasteiger partial charge in [0.2, 0.25) is 11.8 Å². The normalized spacial score (nSPS) is 43.2. The standard InChI is InChI=1S/C29H39N3O2/c1-31(26(33)28-12-18-6-19(13-28)8-20(7-18)14-28)24-4-3-5-30-25(24)32(2)27(34)29-15-21-9-22(16-29)11-23(10-21)17-29/h3-5,18-23H,6-17H2,1-2H3. The van der Waals surface area contributed by atoms with Gasteiger partial charge in [-0.3, -0.25) is 14.5 Å². The molecule has 0 radical (unpaired) electrons. The van der Waals surface area contributed by atoms with E-state index in [1.165, 1.54) is 38.5 Å². The molecule has 9 rings (SSSR count). The van der Waals surface area contributed by atoms with E-state index in [2.05, 4.69) is 4.98 Å². The number of rotatable bonds is 4. The van der Waals surface area contributed by atoms with Crippen LogP contribution in [0.4, 0.5) is 11.5 Å². The Kier molecular flexibility index (Phi) is 4.59. The minimum atomic E-state index is -0.208. The summed E-state index contributed by atoms with van der Waals surface area (Å²) in [4.78, 5) is 36.5. The van der Waals surface area contributed by atoms with Gasteiger partial charge in [-0.15, -0.1) is 0 Å². The van der Waals surface area contributed by atoms with Crippen molar-refractivity contribution in [2.45, 2.75) is 77.0 Å². The van der Waals surface area contributed by atoms with Gasteiger partial charge < -0.3 is 4.90 Å². The fourth-order valence-electron chi connectivity index (χ4n) is 10.6. The Balaban J connectivity index is 1.17. The number of pyridine rings is 1. The number of carbonyl (C=O) groups excluding carboxylic acids is 2. The van der Waals surface area contributed by atoms with E-state index in [4.69, 9.17) is 0 Å². The molecule has 0 saturated heterocycles. The fourth-order valence-corrected chi connectivity index (χ4v) is 10.6. The minimum Gasteiger partial charge on any atom is -0.312 e. The molecule has 1 heterocycles. The van der Waals surface area contributed by atoms with E-state index in [-0.39, 0.29) is 22.6 Å². The maximum Gasteiger partial charge on any atom is 0.234 e. The summed E-state index contributed by atoms with van der Waals surface area (Å²) in [6.07, 6.45) is 16.0. The van der Waals surface area contributed by atoms with Crippen molar-refractivity contribution in [3.8, 4) is 0 Å². The average molecular weight is 462 g/mol. The van der Waals surface area contributed by atoms with Crippen LogP contribution in [-0.4, -0.2) is 30.9 Å². The highest BCUT2D eigenvalue weighted by molar-refractivity contribution is 6.04. The quantitative estimate of drug-likeness (QED) is 0.600. The molecule has 8 bridgehead atoms. The van der Waals surface area contributed by atoms with Crippen LogP contribution in [0, 0.1) is 46.3 Å². The molecule has 8 saturated carbocycles. The summed E-state index contributed by atoms with van der Waals surface area (Å²) in [6, 6.07) is 3.90. The van der Waals surface area contributed by atoms with Crippen molar-refractivity contribution >= 4 is 23.3 Å². The lowest BCUT2D eigenvalue weighted by atomic mass is 9.49. The Morgan fingerprint density at radius 1 is 0.706 bits per heavy atom. The Hall–Kier alpha value is -1.91. The van der Waals surface area contributed by atoms with Crippen molar-refractivity contribution in [3.63, 3.8) is 0 Å². The summed E-state index contributed by atoms with van der Waals surface area (Å²) in [5.74, 6) is 5.54. The molecule has 0 N–H and O–H groups in total. The Labute approximate surface area is 203 Å². The van der Waals surface area contributed by atoms with Crippen LogP contribution in [-0.2, 0) is 9.59 Å². The van der Waals surface area contributed by atoms with E-state index >= 15 is 0 Å². The van der Waals surface area contributed by atoms with Gasteiger partial charge in [0.1, 0.15) is 0 Å². The lowest BCUT2D eigenvalue weighted by molar-refractivity contribution is -0.143. The number of nitrogens with zero attached hydrogens (tertiary/aromatic N) is 3. The highest BCUT2D eigenvalue weighted by Crippen LogP contribution is 2.62. The Morgan fingerprint density at radius 2 is 1.09 bits per heavy atom. The summed E-state index contributed by atoms with van der Waals surface area (Å²) in [7, 11) is 3.82. The average Bonchev–Trinajstić information content (AvgIpc) is 2.80. The summed E-state index contributed by atoms with van der Waals surface area (Å²) >= 11 is 0. The number of amides is 2. The van der Waals surface area contributed by atoms with Gasteiger partial charge >= 0.3 is 0 Å². The van der Waals surface area contributed by atoms with E-state index in [0.29, 0.717) is 5.82 Å². The fraction of sp³-hybridized carbons (Fsp3) is 0.759. The predicted molar refractivity (Wildman–Crippen MR) is 132 cm³/mol. The molecule has 0 atom stereocenters. The second kappa shape index (κ2) is 7.30. The molecule has 0 aliphatic heterocycles. The molecule has 182 valence electrons. The molecule has 8 aliphatic carbocycles. The van der Waals surface area contributed by atoms with Crippen molar-refractivity contribution < 1.29 is 9.59 Å². The third-order valence-corrected chi connectivity index (χ3v) is 11.0. The van der Waals surface area contributed by atoms with Gasteiger partial charge in [0, 0.05) is 20.3 Å². The van der Waals surface area contributed by atoms with Crippen LogP contribution in [0.25, 0.3) is 0 Å². The summed E-state index contributed by atoms with van der Waals surface area (Å²) in [6.45, 7) is 0. The number of aromatic nitrogens is 1. The van der Waals surface area contributed by atoms with Gasteiger partial charge in [-0.2, -0.15) is 0 Å². The first-order valence-electron chi connectivity index (χ1n) is 13.9. The van der Waals surface area contributed by atoms with Gasteiger partial charge in [-0.05, 0) is 125 Å². The lowest BCUT2D eigenvalue weighted by Gasteiger charge is -2.56. The number of anilines is 2. The zero-order valence-electron chi connectivity index (χ0n) is 20.8. The van der Waals surface area contributed by atoms with Crippen molar-refractivity contribution in [2.24, 2.45) is 46.3 Å². The van der Waals surface area contributed by atoms with Gasteiger partial charge in [0.25, 0.3) is 0 Å². The smallest absolute Gasteiger partial charge is 0.234 e. The van der Waals surface area contributed by atoms with E-state index in [1.54, 1.807) is 6.20 Å². The first-order valence-corrected chi connectivity index (χ1v) is 13.9. The zero-order valence-corrected chi connectivity index (χ0v) is 20.8. The van der Waals surface area contributed by atoms with Crippen LogP contribution in [0.5, 0.6) is 0 Å². The molecular weight excluding hydrogens is 422 g/mol. The Bertz CT molecular complexity index is 880. The zero-order chi connectivity index (χ0) is 23.2. The molecule has 5 heteroatoms. The first kappa shape index (κ1) is 21.4. The third-order valence-electron chi connectivity index (χ3n) is 11.0. The van der Waals surface area contributed by atoms with Crippen LogP contribution >= 0.6 is 0 Å². The van der Waals surface area contributed by atoms with Crippen LogP contribution < -0.4 is 9.80 Å². The second-order valence-electron chi connectivity index (χ2n) is 13.5. The Morgan fingerprint density at radius 3 is 1.50 bits per heavy atom. The van der Waals surface area contributed by atoms with Gasteiger partial charge in [0.05, 0.1) is 16.5 Å². The molecule has 1 aromatic rings. The second-order valence-corrected chi connectivity index (χ2v) is 13.5. The topological polar surface area (TPSA) is 53.5 Å². The summed E-state index contributed by atoms with van der Waals surface area (Å²) < 4.78 is 0. The maximum atomic E-state index is 14.1. The van der Waals surface area contributed by atoms with Crippen molar-refractivity contribution in [1.82, 2.24) is 4.98 Å². The molecule has 8 fully saturated rings. The molecule has 1 aromatic heterocycles. The largest absolute Gasteiger partial charge is 0.312 e. The molecule has 0 unspecified atom stereocenters. The highest BCUT2D eigenvalue weighted by atomic mass is 16.2. The van der Waals surface area contributed by atoms with Crippen LogP contribution in [0.3, 0.4) is 0 Å². The highest BCUT2D eigenvalue weighted by Gasteiger charge is 2.57. The van der Waals surface area contributed by atoms with Gasteiger partial charge in [0.15, 0.2) is 5.82 Å². The molecule has 34 heavy (non-hydrogen) atoms. The SMILES string of the molecule is CN(C(=O)C12CC3CC(CC(C3)C1)C2)c1cccnc1N(C)C(=O)C12CC3CC(CC(C3)C1)C2. The molecule has 2 amide bonds. The van der Waals surface area contributed by atoms with E-state index in [0.717, 1.165) is 79.7 Å².